The molecule has 0 aromatic carbocycles. The lowest BCUT2D eigenvalue weighted by molar-refractivity contribution is -0.158. The normalized spacial score (nSPS) is 13.0. The van der Waals surface area contributed by atoms with Crippen molar-refractivity contribution in [1.82, 2.24) is 16.0 Å². The summed E-state index contributed by atoms with van der Waals surface area (Å²) in [5.41, 5.74) is -14.7. The van der Waals surface area contributed by atoms with E-state index in [0.29, 0.717) is 0 Å². The maximum Gasteiger partial charge on any atom is 0.306 e. The van der Waals surface area contributed by atoms with E-state index in [2.05, 4.69) is 20.9 Å². The van der Waals surface area contributed by atoms with Crippen molar-refractivity contribution in [3.63, 3.8) is 0 Å². The first-order valence-corrected chi connectivity index (χ1v) is 36.3. The van der Waals surface area contributed by atoms with Crippen molar-refractivity contribution in [2.45, 2.75) is 414 Å². The van der Waals surface area contributed by atoms with E-state index >= 15 is 14.4 Å². The number of isocyanates is 1. The van der Waals surface area contributed by atoms with Crippen LogP contribution in [0.15, 0.2) is 4.99 Å². The molecular weight excluding hydrogens is 1330 g/mol. The molecule has 0 aliphatic heterocycles. The summed E-state index contributed by atoms with van der Waals surface area (Å²) in [6, 6.07) is 0. The van der Waals surface area contributed by atoms with Gasteiger partial charge in [0.25, 0.3) is 0 Å². The van der Waals surface area contributed by atoms with E-state index in [0.717, 1.165) is 0 Å². The number of carbonyl (C=O) groups excluding carboxylic acids is 13. The van der Waals surface area contributed by atoms with E-state index in [1.54, 1.807) is 193 Å². The maximum atomic E-state index is 15.1. The van der Waals surface area contributed by atoms with Gasteiger partial charge in [-0.25, -0.2) is 4.79 Å². The van der Waals surface area contributed by atoms with Crippen LogP contribution < -0.4 is 16.0 Å². The Morgan fingerprint density at radius 3 is 0.456 bits per heavy atom. The molecule has 26 nitrogen and oxygen atoms in total. The van der Waals surface area contributed by atoms with Gasteiger partial charge in [0, 0.05) is 93.7 Å². The molecule has 0 radical (unpaired) electrons. The molecule has 0 aliphatic rings. The SMILES string of the molecule is CC(C)(C)OC(=O)CCC(CCC(=O)OC(C)(C)C)(CCC(=O)OC(C)(C)C)NC(=O)CCC(CCC(=O)NC(CCC(=O)OC(C)(C)C)(CCC(=O)OC(C)(C)C)CCC(=O)OC(C)(C)C)(CCC(=O)NC(CCC(=O)OC(C)(C)C)(CCC(=O)OC(C)(C)C)CCC(=O)OC(C)(C)C)N=C=O. The molecule has 0 aliphatic carbocycles. The summed E-state index contributed by atoms with van der Waals surface area (Å²) in [6.07, 6.45) is -5.33. The Hall–Kier alpha value is -6.98. The lowest BCUT2D eigenvalue weighted by Crippen LogP contribution is -2.51. The third-order valence-electron chi connectivity index (χ3n) is 15.0. The van der Waals surface area contributed by atoms with Gasteiger partial charge in [0.05, 0.1) is 5.54 Å². The van der Waals surface area contributed by atoms with Crippen molar-refractivity contribution in [1.29, 1.82) is 0 Å². The van der Waals surface area contributed by atoms with Crippen LogP contribution in [0.25, 0.3) is 0 Å². The minimum Gasteiger partial charge on any atom is -0.460 e. The van der Waals surface area contributed by atoms with Crippen molar-refractivity contribution < 1.29 is 105 Å². The highest BCUT2D eigenvalue weighted by Gasteiger charge is 2.42. The number of hydrogen-bond acceptors (Lipinski definition) is 23. The third-order valence-corrected chi connectivity index (χ3v) is 15.0. The zero-order chi connectivity index (χ0) is 80.3. The van der Waals surface area contributed by atoms with Crippen LogP contribution in [0.5, 0.6) is 0 Å². The maximum absolute atomic E-state index is 15.1. The molecule has 0 saturated carbocycles. The number of amides is 3. The van der Waals surface area contributed by atoms with Gasteiger partial charge in [-0.3, -0.25) is 57.5 Å². The van der Waals surface area contributed by atoms with E-state index in [1.165, 1.54) is 0 Å². The van der Waals surface area contributed by atoms with Gasteiger partial charge >= 0.3 is 53.7 Å². The van der Waals surface area contributed by atoms with Crippen LogP contribution >= 0.6 is 0 Å². The largest absolute Gasteiger partial charge is 0.460 e. The Bertz CT molecular complexity index is 2370. The Morgan fingerprint density at radius 1 is 0.223 bits per heavy atom. The summed E-state index contributed by atoms with van der Waals surface area (Å²) < 4.78 is 51.0. The van der Waals surface area contributed by atoms with Crippen LogP contribution in [-0.2, 0) is 105 Å². The molecule has 3 N–H and O–H groups in total. The van der Waals surface area contributed by atoms with E-state index < -0.39 is 183 Å². The van der Waals surface area contributed by atoms with Gasteiger partial charge in [-0.15, -0.1) is 0 Å². The molecule has 0 spiro atoms. The Kier molecular flexibility index (Phi) is 37.2. The van der Waals surface area contributed by atoms with Gasteiger partial charge < -0.3 is 58.6 Å². The van der Waals surface area contributed by atoms with Gasteiger partial charge in [-0.2, -0.15) is 4.99 Å². The van der Waals surface area contributed by atoms with Gasteiger partial charge in [-0.05, 0) is 264 Å². The molecule has 0 saturated heterocycles. The zero-order valence-electron chi connectivity index (χ0n) is 67.9. The molecule has 0 aromatic heterocycles. The molecule has 0 heterocycles. The molecule has 0 bridgehead atoms. The Morgan fingerprint density at radius 2 is 0.350 bits per heavy atom. The fraction of sp³-hybridized carbons (Fsp3) is 0.831. The van der Waals surface area contributed by atoms with Crippen molar-refractivity contribution >= 4 is 77.5 Å². The molecule has 0 atom stereocenters. The predicted octanol–water partition coefficient (Wildman–Crippen LogP) is 13.1. The number of esters is 9. The average Bonchev–Trinajstić information content (AvgIpc) is 0.836. The first-order chi connectivity index (χ1) is 46.3. The number of hydrogen-bond donors (Lipinski definition) is 3. The minimum absolute atomic E-state index is 0.160. The summed E-state index contributed by atoms with van der Waals surface area (Å²) in [5, 5.41) is 9.08. The van der Waals surface area contributed by atoms with Gasteiger partial charge in [-0.1, -0.05) is 0 Å². The smallest absolute Gasteiger partial charge is 0.306 e. The van der Waals surface area contributed by atoms with Gasteiger partial charge in [0.2, 0.25) is 23.8 Å². The number of aliphatic imine (C=N–C) groups is 1. The van der Waals surface area contributed by atoms with Crippen molar-refractivity contribution in [2.75, 3.05) is 0 Å². The number of nitrogens with one attached hydrogen (secondary N) is 3. The van der Waals surface area contributed by atoms with Crippen molar-refractivity contribution in [3.05, 3.63) is 0 Å². The molecule has 592 valence electrons. The highest BCUT2D eigenvalue weighted by molar-refractivity contribution is 5.81. The monoisotopic (exact) mass is 1460 g/mol. The Balaban J connectivity index is 8.73. The van der Waals surface area contributed by atoms with Crippen LogP contribution in [0.1, 0.15) is 341 Å². The standard InChI is InChI=1S/C77H132N4O22/c1-65(2,3)95-56(86)31-43-75(44-32-57(87)96-66(4,5)6,45-33-58(88)97-67(7,8)9)79-53(83)28-40-74(78-52-82,41-29-54(84)80-76(46-34-59(89)98-68(10,11)12,47-35-60(90)99-69(13,14)15)48-36-61(91)100-70(16,17)18)42-30-55(85)81-77(49-37-62(92)101-71(19,20)21,50-38-63(93)102-72(22,23)24)51-39-64(94)103-73(25,26)27/h28-51H2,1-27H3,(H,79,83)(H,80,84)(H,81,85). The highest BCUT2D eigenvalue weighted by Crippen LogP contribution is 2.36. The van der Waals surface area contributed by atoms with E-state index in [9.17, 15) is 47.9 Å². The molecular formula is C77H132N4O22. The summed E-state index contributed by atoms with van der Waals surface area (Å²) in [4.78, 5) is 184. The molecule has 26 heteroatoms. The fourth-order valence-corrected chi connectivity index (χ4v) is 11.0. The van der Waals surface area contributed by atoms with Crippen molar-refractivity contribution in [2.24, 2.45) is 4.99 Å². The van der Waals surface area contributed by atoms with Crippen LogP contribution in [0, 0.1) is 0 Å². The second kappa shape index (κ2) is 39.9. The number of ether oxygens (including phenoxy) is 9. The summed E-state index contributed by atoms with van der Waals surface area (Å²) in [7, 11) is 0. The minimum atomic E-state index is -1.86. The molecule has 103 heavy (non-hydrogen) atoms. The molecule has 0 aromatic rings. The summed E-state index contributed by atoms with van der Waals surface area (Å²) in [5.74, 6) is -8.07. The lowest BCUT2D eigenvalue weighted by atomic mass is 9.80. The second-order valence-electron chi connectivity index (χ2n) is 36.2. The highest BCUT2D eigenvalue weighted by atomic mass is 16.6. The van der Waals surface area contributed by atoms with Crippen LogP contribution in [0.3, 0.4) is 0 Å². The van der Waals surface area contributed by atoms with Crippen molar-refractivity contribution in [3.8, 4) is 0 Å². The summed E-state index contributed by atoms with van der Waals surface area (Å²) in [6.45, 7) is 45.3. The van der Waals surface area contributed by atoms with Crippen LogP contribution in [-0.4, -0.2) is 150 Å². The van der Waals surface area contributed by atoms with Crippen LogP contribution in [0.4, 0.5) is 0 Å². The van der Waals surface area contributed by atoms with E-state index in [1.807, 2.05) is 0 Å². The molecule has 0 fully saturated rings. The van der Waals surface area contributed by atoms with Gasteiger partial charge in [0.1, 0.15) is 50.4 Å². The number of carbonyl (C=O) groups is 12. The topological polar surface area (TPSA) is 353 Å². The second-order valence-corrected chi connectivity index (χ2v) is 36.2. The van der Waals surface area contributed by atoms with Crippen LogP contribution in [0.2, 0.25) is 0 Å². The van der Waals surface area contributed by atoms with E-state index in [4.69, 9.17) is 42.6 Å². The summed E-state index contributed by atoms with van der Waals surface area (Å²) >= 11 is 0. The van der Waals surface area contributed by atoms with E-state index in [-0.39, 0.29) is 116 Å². The lowest BCUT2D eigenvalue weighted by Gasteiger charge is -2.37. The first kappa shape index (κ1) is 96.0. The number of rotatable bonds is 40. The Labute approximate surface area is 614 Å². The quantitative estimate of drug-likeness (QED) is 0.0222. The first-order valence-electron chi connectivity index (χ1n) is 36.3. The predicted molar refractivity (Wildman–Crippen MR) is 387 cm³/mol. The third kappa shape index (κ3) is 49.4. The van der Waals surface area contributed by atoms with Gasteiger partial charge in [0.15, 0.2) is 0 Å². The molecule has 0 unspecified atom stereocenters. The zero-order valence-corrected chi connectivity index (χ0v) is 67.9. The fourth-order valence-electron chi connectivity index (χ4n) is 11.0. The molecule has 0 rings (SSSR count). The average molecular weight is 1470 g/mol. The number of nitrogens with zero attached hydrogens (tertiary/aromatic N) is 1. The molecule has 3 amide bonds.